The number of nitro groups is 1. The predicted octanol–water partition coefficient (Wildman–Crippen LogP) is 3.98. The monoisotopic (exact) mass is 350 g/mol. The highest BCUT2D eigenvalue weighted by Gasteiger charge is 2.26. The first kappa shape index (κ1) is 17.9. The predicted molar refractivity (Wildman–Crippen MR) is 91.3 cm³/mol. The SMILES string of the molecule is CC[C@@H](NC(=O)c1n[nH]c([N+](=O)[O-])c1Cl)c1ccc(C(C)C)cc1. The molecule has 2 N–H and O–H groups in total. The first-order valence-corrected chi connectivity index (χ1v) is 8.01. The molecular weight excluding hydrogens is 332 g/mol. The van der Waals surface area contributed by atoms with Crippen LogP contribution in [0.15, 0.2) is 24.3 Å². The number of amides is 1. The average Bonchev–Trinajstić information content (AvgIpc) is 2.94. The van der Waals surface area contributed by atoms with Gasteiger partial charge in [-0.25, -0.2) is 0 Å². The van der Waals surface area contributed by atoms with Gasteiger partial charge < -0.3 is 15.4 Å². The molecule has 0 aliphatic heterocycles. The summed E-state index contributed by atoms with van der Waals surface area (Å²) in [7, 11) is 0. The lowest BCUT2D eigenvalue weighted by Crippen LogP contribution is -2.28. The van der Waals surface area contributed by atoms with E-state index < -0.39 is 16.6 Å². The molecule has 2 rings (SSSR count). The van der Waals surface area contributed by atoms with Crippen LogP contribution in [0.2, 0.25) is 5.02 Å². The van der Waals surface area contributed by atoms with E-state index in [1.807, 2.05) is 31.2 Å². The Morgan fingerprint density at radius 2 is 1.92 bits per heavy atom. The summed E-state index contributed by atoms with van der Waals surface area (Å²) in [6.45, 7) is 6.16. The number of hydrogen-bond acceptors (Lipinski definition) is 4. The number of benzene rings is 1. The fourth-order valence-corrected chi connectivity index (χ4v) is 2.59. The van der Waals surface area contributed by atoms with Crippen molar-refractivity contribution in [3.63, 3.8) is 0 Å². The lowest BCUT2D eigenvalue weighted by atomic mass is 9.98. The van der Waals surface area contributed by atoms with Gasteiger partial charge in [0.1, 0.15) is 0 Å². The van der Waals surface area contributed by atoms with Crippen molar-refractivity contribution < 1.29 is 9.72 Å². The summed E-state index contributed by atoms with van der Waals surface area (Å²) >= 11 is 5.85. The number of halogens is 1. The van der Waals surface area contributed by atoms with Gasteiger partial charge in [0, 0.05) is 0 Å². The molecule has 1 amide bonds. The van der Waals surface area contributed by atoms with Crippen molar-refractivity contribution in [1.29, 1.82) is 0 Å². The van der Waals surface area contributed by atoms with E-state index in [2.05, 4.69) is 29.4 Å². The molecule has 128 valence electrons. The van der Waals surface area contributed by atoms with Crippen molar-refractivity contribution in [3.8, 4) is 0 Å². The van der Waals surface area contributed by atoms with Crippen molar-refractivity contribution in [2.75, 3.05) is 0 Å². The van der Waals surface area contributed by atoms with Gasteiger partial charge in [-0.1, -0.05) is 61.7 Å². The van der Waals surface area contributed by atoms with Gasteiger partial charge in [-0.2, -0.15) is 0 Å². The van der Waals surface area contributed by atoms with E-state index in [1.165, 1.54) is 5.56 Å². The highest BCUT2D eigenvalue weighted by molar-refractivity contribution is 6.35. The molecule has 0 unspecified atom stereocenters. The number of aromatic amines is 1. The second-order valence-electron chi connectivity index (χ2n) is 5.75. The Morgan fingerprint density at radius 3 is 2.38 bits per heavy atom. The molecule has 0 aliphatic rings. The topological polar surface area (TPSA) is 101 Å². The molecule has 1 aromatic heterocycles. The molecule has 0 spiro atoms. The Kier molecular flexibility index (Phi) is 5.56. The van der Waals surface area contributed by atoms with E-state index >= 15 is 0 Å². The van der Waals surface area contributed by atoms with Gasteiger partial charge >= 0.3 is 5.82 Å². The Labute approximate surface area is 144 Å². The third kappa shape index (κ3) is 3.73. The zero-order valence-electron chi connectivity index (χ0n) is 13.7. The zero-order chi connectivity index (χ0) is 17.9. The maximum Gasteiger partial charge on any atom is 0.362 e. The van der Waals surface area contributed by atoms with Crippen molar-refractivity contribution >= 4 is 23.3 Å². The zero-order valence-corrected chi connectivity index (χ0v) is 14.4. The molecule has 2 aromatic rings. The molecule has 0 saturated carbocycles. The number of hydrogen-bond donors (Lipinski definition) is 2. The Balaban J connectivity index is 2.18. The minimum absolute atomic E-state index is 0.180. The second-order valence-corrected chi connectivity index (χ2v) is 6.13. The maximum atomic E-state index is 12.3. The molecule has 0 aliphatic carbocycles. The van der Waals surface area contributed by atoms with Crippen LogP contribution in [0.1, 0.15) is 60.8 Å². The quantitative estimate of drug-likeness (QED) is 0.607. The number of H-pyrrole nitrogens is 1. The molecule has 1 heterocycles. The minimum Gasteiger partial charge on any atom is -0.358 e. The average molecular weight is 351 g/mol. The second kappa shape index (κ2) is 7.44. The molecular formula is C16H19ClN4O3. The van der Waals surface area contributed by atoms with Crippen LogP contribution in [0.4, 0.5) is 5.82 Å². The molecule has 0 radical (unpaired) electrons. The van der Waals surface area contributed by atoms with Crippen molar-refractivity contribution in [1.82, 2.24) is 15.5 Å². The Hall–Kier alpha value is -2.41. The molecule has 24 heavy (non-hydrogen) atoms. The molecule has 0 bridgehead atoms. The fourth-order valence-electron chi connectivity index (χ4n) is 2.35. The highest BCUT2D eigenvalue weighted by Crippen LogP contribution is 2.26. The van der Waals surface area contributed by atoms with Gasteiger partial charge in [0.25, 0.3) is 5.91 Å². The Morgan fingerprint density at radius 1 is 1.33 bits per heavy atom. The lowest BCUT2D eigenvalue weighted by molar-refractivity contribution is -0.389. The van der Waals surface area contributed by atoms with Crippen LogP contribution in [0, 0.1) is 10.1 Å². The summed E-state index contributed by atoms with van der Waals surface area (Å²) in [6, 6.07) is 7.77. The molecule has 1 aromatic carbocycles. The summed E-state index contributed by atoms with van der Waals surface area (Å²) in [5, 5.41) is 19.1. The van der Waals surface area contributed by atoms with E-state index in [0.717, 1.165) is 5.56 Å². The van der Waals surface area contributed by atoms with Gasteiger partial charge in [0.15, 0.2) is 10.7 Å². The Bertz CT molecular complexity index is 740. The van der Waals surface area contributed by atoms with Gasteiger partial charge in [-0.05, 0) is 28.4 Å². The maximum absolute atomic E-state index is 12.3. The van der Waals surface area contributed by atoms with Gasteiger partial charge in [-0.15, -0.1) is 5.10 Å². The first-order chi connectivity index (χ1) is 11.3. The molecule has 7 nitrogen and oxygen atoms in total. The summed E-state index contributed by atoms with van der Waals surface area (Å²) < 4.78 is 0. The lowest BCUT2D eigenvalue weighted by Gasteiger charge is -2.17. The standard InChI is InChI=1S/C16H19ClN4O3/c1-4-12(11-7-5-10(6-8-11)9(2)3)18-16(22)14-13(17)15(20-19-14)21(23)24/h5-9,12H,4H2,1-3H3,(H,18,22)(H,19,20)/t12-/m1/s1. The number of aromatic nitrogens is 2. The summed E-state index contributed by atoms with van der Waals surface area (Å²) in [5.41, 5.74) is 1.99. The van der Waals surface area contributed by atoms with E-state index in [1.54, 1.807) is 0 Å². The van der Waals surface area contributed by atoms with Gasteiger partial charge in [0.2, 0.25) is 0 Å². The molecule has 0 fully saturated rings. The van der Waals surface area contributed by atoms with Crippen LogP contribution >= 0.6 is 11.6 Å². The highest BCUT2D eigenvalue weighted by atomic mass is 35.5. The summed E-state index contributed by atoms with van der Waals surface area (Å²) in [4.78, 5) is 22.4. The molecule has 8 heteroatoms. The van der Waals surface area contributed by atoms with E-state index in [9.17, 15) is 14.9 Å². The van der Waals surface area contributed by atoms with Crippen LogP contribution in [-0.2, 0) is 0 Å². The summed E-state index contributed by atoms with van der Waals surface area (Å²) in [5.74, 6) is -0.614. The minimum atomic E-state index is -0.714. The van der Waals surface area contributed by atoms with Crippen molar-refractivity contribution in [2.45, 2.75) is 39.2 Å². The fraction of sp³-hybridized carbons (Fsp3) is 0.375. The van der Waals surface area contributed by atoms with Gasteiger partial charge in [-0.3, -0.25) is 4.79 Å². The van der Waals surface area contributed by atoms with Crippen LogP contribution in [-0.4, -0.2) is 21.0 Å². The number of carbonyl (C=O) groups excluding carboxylic acids is 1. The first-order valence-electron chi connectivity index (χ1n) is 7.64. The smallest absolute Gasteiger partial charge is 0.358 e. The molecule has 1 atom stereocenters. The van der Waals surface area contributed by atoms with E-state index in [0.29, 0.717) is 12.3 Å². The van der Waals surface area contributed by atoms with Crippen LogP contribution in [0.3, 0.4) is 0 Å². The number of carbonyl (C=O) groups is 1. The summed E-state index contributed by atoms with van der Waals surface area (Å²) in [6.07, 6.45) is 0.664. The largest absolute Gasteiger partial charge is 0.362 e. The normalized spacial score (nSPS) is 12.2. The van der Waals surface area contributed by atoms with E-state index in [4.69, 9.17) is 11.6 Å². The van der Waals surface area contributed by atoms with Gasteiger partial charge in [0.05, 0.1) is 6.04 Å². The third-order valence-electron chi connectivity index (χ3n) is 3.81. The van der Waals surface area contributed by atoms with Crippen molar-refractivity contribution in [2.24, 2.45) is 0 Å². The number of nitrogens with zero attached hydrogens (tertiary/aromatic N) is 2. The van der Waals surface area contributed by atoms with Crippen LogP contribution in [0.25, 0.3) is 0 Å². The van der Waals surface area contributed by atoms with Crippen LogP contribution < -0.4 is 5.32 Å². The molecule has 0 saturated heterocycles. The van der Waals surface area contributed by atoms with Crippen molar-refractivity contribution in [3.05, 3.63) is 56.2 Å². The van der Waals surface area contributed by atoms with Crippen LogP contribution in [0.5, 0.6) is 0 Å². The number of rotatable bonds is 6. The third-order valence-corrected chi connectivity index (χ3v) is 4.16. The van der Waals surface area contributed by atoms with E-state index in [-0.39, 0.29) is 16.8 Å². The number of nitrogens with one attached hydrogen (secondary N) is 2.